The highest BCUT2D eigenvalue weighted by Gasteiger charge is 2.36. The van der Waals surface area contributed by atoms with Crippen molar-refractivity contribution >= 4 is 5.78 Å². The molecule has 0 aliphatic carbocycles. The Balaban J connectivity index is 0.00000111. The molecule has 0 saturated heterocycles. The first-order chi connectivity index (χ1) is 19.7. The second kappa shape index (κ2) is 13.8. The molecule has 4 aromatic carbocycles. The average molecular weight is 557 g/mol. The predicted molar refractivity (Wildman–Crippen MR) is 163 cm³/mol. The second-order valence-corrected chi connectivity index (χ2v) is 9.62. The fourth-order valence-corrected chi connectivity index (χ4v) is 4.93. The van der Waals surface area contributed by atoms with Crippen molar-refractivity contribution in [3.8, 4) is 28.7 Å². The van der Waals surface area contributed by atoms with Gasteiger partial charge in [0.15, 0.2) is 5.78 Å². The zero-order valence-corrected chi connectivity index (χ0v) is 24.7. The Morgan fingerprint density at radius 3 is 1.76 bits per heavy atom. The number of ether oxygens (including phenoxy) is 1. The maximum Gasteiger partial charge on any atom is 0.174 e. The molecule has 1 aliphatic rings. The molecule has 0 saturated carbocycles. The van der Waals surface area contributed by atoms with Crippen LogP contribution in [0.2, 0.25) is 0 Å². The summed E-state index contributed by atoms with van der Waals surface area (Å²) in [6.07, 6.45) is -0.486. The molecule has 4 N–H and O–H groups in total. The summed E-state index contributed by atoms with van der Waals surface area (Å²) in [6, 6.07) is 19.6. The van der Waals surface area contributed by atoms with Gasteiger partial charge in [-0.3, -0.25) is 4.79 Å². The first-order valence-electron chi connectivity index (χ1n) is 14.1. The first-order valence-corrected chi connectivity index (χ1v) is 14.1. The summed E-state index contributed by atoms with van der Waals surface area (Å²) < 4.78 is 6.30. The quantitative estimate of drug-likeness (QED) is 0.198. The van der Waals surface area contributed by atoms with Crippen LogP contribution in [0.5, 0.6) is 28.7 Å². The molecule has 1 aliphatic heterocycles. The highest BCUT2D eigenvalue weighted by atomic mass is 16.5. The molecule has 216 valence electrons. The smallest absolute Gasteiger partial charge is 0.174 e. The second-order valence-electron chi connectivity index (χ2n) is 9.62. The maximum atomic E-state index is 13.4. The molecule has 0 radical (unpaired) electrons. The zero-order valence-electron chi connectivity index (χ0n) is 24.7. The van der Waals surface area contributed by atoms with Crippen LogP contribution in [0, 0.1) is 13.8 Å². The normalized spacial score (nSPS) is 13.6. The summed E-state index contributed by atoms with van der Waals surface area (Å²) in [7, 11) is 0. The Hall–Kier alpha value is -4.45. The number of ketones is 1. The van der Waals surface area contributed by atoms with Gasteiger partial charge in [0.1, 0.15) is 40.4 Å². The van der Waals surface area contributed by atoms with E-state index in [1.165, 1.54) is 0 Å². The molecule has 0 aromatic heterocycles. The van der Waals surface area contributed by atoms with Crippen molar-refractivity contribution in [1.82, 2.24) is 0 Å². The molecular weight excluding hydrogens is 516 g/mol. The lowest BCUT2D eigenvalue weighted by Crippen LogP contribution is -2.22. The molecule has 0 fully saturated rings. The number of phenolic OH excluding ortho intramolecular Hbond substituents is 4. The lowest BCUT2D eigenvalue weighted by atomic mass is 9.87. The van der Waals surface area contributed by atoms with Crippen molar-refractivity contribution in [2.24, 2.45) is 0 Å². The van der Waals surface area contributed by atoms with E-state index in [-0.39, 0.29) is 64.9 Å². The molecule has 0 bridgehead atoms. The molecule has 1 atom stereocenters. The van der Waals surface area contributed by atoms with E-state index in [0.717, 1.165) is 16.7 Å². The van der Waals surface area contributed by atoms with Crippen molar-refractivity contribution < 1.29 is 30.0 Å². The van der Waals surface area contributed by atoms with Gasteiger partial charge in [0.25, 0.3) is 0 Å². The van der Waals surface area contributed by atoms with Crippen LogP contribution in [0.25, 0.3) is 0 Å². The summed E-state index contributed by atoms with van der Waals surface area (Å²) >= 11 is 0. The molecule has 6 heteroatoms. The van der Waals surface area contributed by atoms with Gasteiger partial charge < -0.3 is 25.2 Å². The van der Waals surface area contributed by atoms with Crippen molar-refractivity contribution in [2.45, 2.75) is 66.9 Å². The van der Waals surface area contributed by atoms with Crippen molar-refractivity contribution in [2.75, 3.05) is 0 Å². The van der Waals surface area contributed by atoms with Gasteiger partial charge in [-0.2, -0.15) is 0 Å². The number of fused-ring (bicyclic) bond motifs is 1. The third-order valence-electron chi connectivity index (χ3n) is 6.88. The molecule has 4 aromatic rings. The van der Waals surface area contributed by atoms with Crippen LogP contribution in [-0.2, 0) is 12.8 Å². The fourth-order valence-electron chi connectivity index (χ4n) is 4.93. The molecule has 41 heavy (non-hydrogen) atoms. The Morgan fingerprint density at radius 2 is 1.22 bits per heavy atom. The van der Waals surface area contributed by atoms with Crippen molar-refractivity contribution in [1.29, 1.82) is 0 Å². The van der Waals surface area contributed by atoms with Crippen LogP contribution in [0.15, 0.2) is 66.7 Å². The summed E-state index contributed by atoms with van der Waals surface area (Å²) in [4.78, 5) is 13.4. The van der Waals surface area contributed by atoms with Gasteiger partial charge in [0, 0.05) is 24.0 Å². The fraction of sp³-hybridized carbons (Fsp3) is 0.286. The number of carbonyl (C=O) groups excluding carboxylic acids is 1. The Bertz CT molecular complexity index is 1510. The third-order valence-corrected chi connectivity index (χ3v) is 6.88. The third kappa shape index (κ3) is 6.65. The minimum Gasteiger partial charge on any atom is -0.508 e. The minimum absolute atomic E-state index is 0.000648. The van der Waals surface area contributed by atoms with Gasteiger partial charge in [0.05, 0.1) is 6.42 Å². The van der Waals surface area contributed by atoms with Crippen LogP contribution in [0.4, 0.5) is 0 Å². The van der Waals surface area contributed by atoms with Crippen LogP contribution >= 0.6 is 0 Å². The molecule has 5 rings (SSSR count). The number of hydrogen-bond donors (Lipinski definition) is 4. The van der Waals surface area contributed by atoms with E-state index in [0.29, 0.717) is 16.7 Å². The number of aryl methyl sites for hydroxylation is 2. The Labute approximate surface area is 242 Å². The Morgan fingerprint density at radius 1 is 0.707 bits per heavy atom. The van der Waals surface area contributed by atoms with Crippen molar-refractivity contribution in [3.05, 3.63) is 111 Å². The summed E-state index contributed by atoms with van der Waals surface area (Å²) in [5.41, 5.74) is 4.10. The summed E-state index contributed by atoms with van der Waals surface area (Å²) in [6.45, 7) is 11.8. The number of rotatable bonds is 5. The Kier molecular flexibility index (Phi) is 10.4. The highest BCUT2D eigenvalue weighted by molar-refractivity contribution is 6.04. The van der Waals surface area contributed by atoms with E-state index in [2.05, 4.69) is 0 Å². The highest BCUT2D eigenvalue weighted by Crippen LogP contribution is 2.50. The van der Waals surface area contributed by atoms with E-state index < -0.39 is 6.10 Å². The largest absolute Gasteiger partial charge is 0.508 e. The molecule has 6 nitrogen and oxygen atoms in total. The van der Waals surface area contributed by atoms with Gasteiger partial charge in [0.2, 0.25) is 0 Å². The van der Waals surface area contributed by atoms with Gasteiger partial charge in [-0.25, -0.2) is 0 Å². The number of phenols is 4. The van der Waals surface area contributed by atoms with Crippen LogP contribution in [0.1, 0.15) is 89.5 Å². The lowest BCUT2D eigenvalue weighted by Gasteiger charge is -2.30. The molecule has 1 heterocycles. The number of benzene rings is 4. The molecular formula is C35H40O6. The number of hydrogen-bond acceptors (Lipinski definition) is 6. The monoisotopic (exact) mass is 556 g/mol. The van der Waals surface area contributed by atoms with E-state index >= 15 is 0 Å². The molecule has 0 spiro atoms. The van der Waals surface area contributed by atoms with E-state index in [1.54, 1.807) is 36.4 Å². The number of aromatic hydroxyl groups is 4. The van der Waals surface area contributed by atoms with E-state index in [4.69, 9.17) is 4.74 Å². The standard InChI is InChI=1S/C31H28O6.2C2H6/c1-17-8-10-24(32)20(12-17)14-22-29(35)23(15-21-13-18(2)9-11-25(21)33)31-28(30(22)36)26(34)16-27(37-31)19-6-4-3-5-7-19;2*1-2/h3-13,27,32-33,35-36H,14-16H2,1-2H3;2*1-2H3. The summed E-state index contributed by atoms with van der Waals surface area (Å²) in [5.74, 6) is -0.727. The van der Waals surface area contributed by atoms with Crippen LogP contribution in [0.3, 0.4) is 0 Å². The van der Waals surface area contributed by atoms with Gasteiger partial charge in [-0.05, 0) is 42.7 Å². The number of carbonyl (C=O) groups is 1. The predicted octanol–water partition coefficient (Wildman–Crippen LogP) is 8.07. The van der Waals surface area contributed by atoms with Crippen LogP contribution < -0.4 is 4.74 Å². The van der Waals surface area contributed by atoms with Crippen LogP contribution in [-0.4, -0.2) is 26.2 Å². The van der Waals surface area contributed by atoms with Gasteiger partial charge >= 0.3 is 0 Å². The number of Topliss-reactive ketones (excluding diaryl/α,β-unsaturated/α-hetero) is 1. The lowest BCUT2D eigenvalue weighted by molar-refractivity contribution is 0.0842. The van der Waals surface area contributed by atoms with Gasteiger partial charge in [-0.1, -0.05) is 93.4 Å². The minimum atomic E-state index is -0.587. The average Bonchev–Trinajstić information content (AvgIpc) is 2.99. The molecule has 1 unspecified atom stereocenters. The van der Waals surface area contributed by atoms with Crippen molar-refractivity contribution in [3.63, 3.8) is 0 Å². The van der Waals surface area contributed by atoms with E-state index in [1.807, 2.05) is 71.9 Å². The first kappa shape index (κ1) is 31.1. The molecule has 0 amide bonds. The maximum absolute atomic E-state index is 13.4. The SMILES string of the molecule is CC.CC.Cc1ccc(O)c(Cc2c(O)c(Cc3cc(C)ccc3O)c3c(c2O)C(=O)CC(c2ccccc2)O3)c1. The zero-order chi connectivity index (χ0) is 30.3. The van der Waals surface area contributed by atoms with Gasteiger partial charge in [-0.15, -0.1) is 0 Å². The summed E-state index contributed by atoms with van der Waals surface area (Å²) in [5, 5.41) is 43.7. The topological polar surface area (TPSA) is 107 Å². The van der Waals surface area contributed by atoms with E-state index in [9.17, 15) is 25.2 Å².